The second-order valence-electron chi connectivity index (χ2n) is 5.52. The van der Waals surface area contributed by atoms with Crippen molar-refractivity contribution in [2.75, 3.05) is 7.11 Å². The molecule has 2 heteroatoms. The molecule has 1 aromatic carbocycles. The number of ether oxygens (including phenoxy) is 1. The second-order valence-corrected chi connectivity index (χ2v) is 5.52. The molecule has 0 aliphatic rings. The molecule has 2 rings (SSSR count). The first-order chi connectivity index (χ1) is 11.0. The molecule has 0 fully saturated rings. The number of nitrogens with zero attached hydrogens (tertiary/aromatic N) is 1. The van der Waals surface area contributed by atoms with Crippen LogP contribution in [0.5, 0.6) is 5.75 Å². The summed E-state index contributed by atoms with van der Waals surface area (Å²) in [4.78, 5) is 4.82. The van der Waals surface area contributed by atoms with Crippen molar-refractivity contribution in [1.29, 1.82) is 0 Å². The summed E-state index contributed by atoms with van der Waals surface area (Å²) in [5.41, 5.74) is 6.77. The minimum absolute atomic E-state index is 0.740. The van der Waals surface area contributed by atoms with Crippen molar-refractivity contribution < 1.29 is 4.74 Å². The maximum Gasteiger partial charge on any atom is 0.153 e. The molecule has 0 saturated carbocycles. The van der Waals surface area contributed by atoms with Gasteiger partial charge >= 0.3 is 0 Å². The Balaban J connectivity index is 2.87. The van der Waals surface area contributed by atoms with Crippen molar-refractivity contribution >= 4 is 17.7 Å². The maximum absolute atomic E-state index is 5.70. The van der Waals surface area contributed by atoms with Crippen LogP contribution in [0.25, 0.3) is 29.0 Å². The summed E-state index contributed by atoms with van der Waals surface area (Å²) in [6, 6.07) is 8.28. The fourth-order valence-electron chi connectivity index (χ4n) is 2.62. The molecule has 0 atom stereocenters. The van der Waals surface area contributed by atoms with Crippen LogP contribution in [0.2, 0.25) is 0 Å². The van der Waals surface area contributed by atoms with E-state index in [1.54, 1.807) is 7.11 Å². The molecule has 0 saturated heterocycles. The number of pyridine rings is 1. The van der Waals surface area contributed by atoms with Gasteiger partial charge in [0, 0.05) is 16.7 Å². The van der Waals surface area contributed by atoms with Crippen LogP contribution in [0.15, 0.2) is 43.5 Å². The van der Waals surface area contributed by atoms with Crippen LogP contribution in [0.1, 0.15) is 36.2 Å². The Morgan fingerprint density at radius 2 is 1.87 bits per heavy atom. The van der Waals surface area contributed by atoms with Gasteiger partial charge in [-0.2, -0.15) is 0 Å². The van der Waals surface area contributed by atoms with Crippen molar-refractivity contribution in [3.63, 3.8) is 0 Å². The zero-order valence-electron chi connectivity index (χ0n) is 14.3. The van der Waals surface area contributed by atoms with E-state index in [0.29, 0.717) is 0 Å². The van der Waals surface area contributed by atoms with E-state index >= 15 is 0 Å². The normalized spacial score (nSPS) is 10.8. The van der Waals surface area contributed by atoms with Gasteiger partial charge in [-0.25, -0.2) is 4.98 Å². The number of hydrogen-bond donors (Lipinski definition) is 0. The Labute approximate surface area is 138 Å². The number of aromatic nitrogens is 1. The van der Waals surface area contributed by atoms with Gasteiger partial charge in [0.2, 0.25) is 0 Å². The summed E-state index contributed by atoms with van der Waals surface area (Å²) in [7, 11) is 1.67. The number of hydrogen-bond acceptors (Lipinski definition) is 2. The van der Waals surface area contributed by atoms with Crippen molar-refractivity contribution in [3.8, 4) is 17.0 Å². The lowest BCUT2D eigenvalue weighted by molar-refractivity contribution is 0.413. The molecule has 2 aromatic rings. The molecule has 0 amide bonds. The minimum Gasteiger partial charge on any atom is -0.494 e. The predicted octanol–water partition coefficient (Wildman–Crippen LogP) is 5.77. The number of aryl methyl sites for hydroxylation is 1. The van der Waals surface area contributed by atoms with Crippen molar-refractivity contribution in [2.45, 2.75) is 20.8 Å². The van der Waals surface area contributed by atoms with Gasteiger partial charge < -0.3 is 4.74 Å². The van der Waals surface area contributed by atoms with Crippen LogP contribution in [-0.4, -0.2) is 12.1 Å². The van der Waals surface area contributed by atoms with Crippen molar-refractivity contribution in [1.82, 2.24) is 4.98 Å². The maximum atomic E-state index is 5.70. The zero-order chi connectivity index (χ0) is 17.0. The number of allylic oxidation sites excluding steroid dienone is 2. The molecule has 2 nitrogen and oxygen atoms in total. The Bertz CT molecular complexity index is 767. The molecule has 0 N–H and O–H groups in total. The number of benzene rings is 1. The summed E-state index contributed by atoms with van der Waals surface area (Å²) >= 11 is 0. The average Bonchev–Trinajstić information content (AvgIpc) is 2.54. The van der Waals surface area contributed by atoms with Crippen LogP contribution in [0.4, 0.5) is 0 Å². The third-order valence-corrected chi connectivity index (χ3v) is 3.70. The van der Waals surface area contributed by atoms with E-state index in [9.17, 15) is 0 Å². The molecule has 0 bridgehead atoms. The topological polar surface area (TPSA) is 22.1 Å². The van der Waals surface area contributed by atoms with Gasteiger partial charge in [0.25, 0.3) is 0 Å². The lowest BCUT2D eigenvalue weighted by Crippen LogP contribution is -2.02. The molecular weight excluding hydrogens is 282 g/mol. The van der Waals surface area contributed by atoms with E-state index in [1.165, 1.54) is 5.56 Å². The lowest BCUT2D eigenvalue weighted by Gasteiger charge is -2.18. The molecule has 0 aliphatic carbocycles. The summed E-state index contributed by atoms with van der Waals surface area (Å²) in [5, 5.41) is 0. The Morgan fingerprint density at radius 3 is 2.35 bits per heavy atom. The third-order valence-electron chi connectivity index (χ3n) is 3.70. The minimum atomic E-state index is 0.740. The molecule has 0 aliphatic heterocycles. The van der Waals surface area contributed by atoms with Gasteiger partial charge in [0.05, 0.1) is 12.8 Å². The molecule has 0 unspecified atom stereocenters. The predicted molar refractivity (Wildman–Crippen MR) is 100 cm³/mol. The Morgan fingerprint density at radius 1 is 1.22 bits per heavy atom. The van der Waals surface area contributed by atoms with Crippen LogP contribution >= 0.6 is 0 Å². The Kier molecular flexibility index (Phi) is 5.17. The highest BCUT2D eigenvalue weighted by Crippen LogP contribution is 2.39. The summed E-state index contributed by atoms with van der Waals surface area (Å²) in [6.07, 6.45) is 5.78. The van der Waals surface area contributed by atoms with Crippen molar-refractivity contribution in [2.24, 2.45) is 0 Å². The van der Waals surface area contributed by atoms with E-state index in [0.717, 1.165) is 39.4 Å². The molecule has 0 spiro atoms. The number of methoxy groups -OCH3 is 1. The fourth-order valence-corrected chi connectivity index (χ4v) is 2.62. The third kappa shape index (κ3) is 3.26. The highest BCUT2D eigenvalue weighted by Gasteiger charge is 2.19. The molecule has 118 valence electrons. The number of rotatable bonds is 5. The highest BCUT2D eigenvalue weighted by molar-refractivity contribution is 5.85. The van der Waals surface area contributed by atoms with E-state index in [1.807, 2.05) is 32.1 Å². The van der Waals surface area contributed by atoms with Gasteiger partial charge in [-0.1, -0.05) is 55.1 Å². The van der Waals surface area contributed by atoms with E-state index < -0.39 is 0 Å². The quantitative estimate of drug-likeness (QED) is 0.699. The molecule has 1 aromatic heterocycles. The van der Waals surface area contributed by atoms with Crippen LogP contribution < -0.4 is 4.74 Å². The SMILES string of the molecule is C=Cc1c(/C=C\C)nc(-c2ccc(C)cc2)c(OC)c1C(=C)C. The van der Waals surface area contributed by atoms with Gasteiger partial charge in [0.1, 0.15) is 5.69 Å². The van der Waals surface area contributed by atoms with E-state index in [2.05, 4.69) is 44.3 Å². The van der Waals surface area contributed by atoms with Gasteiger partial charge in [0.15, 0.2) is 5.75 Å². The zero-order valence-corrected chi connectivity index (χ0v) is 14.3. The van der Waals surface area contributed by atoms with E-state index in [-0.39, 0.29) is 0 Å². The summed E-state index contributed by atoms with van der Waals surface area (Å²) in [5.74, 6) is 0.740. The lowest BCUT2D eigenvalue weighted by atomic mass is 9.95. The largest absolute Gasteiger partial charge is 0.494 e. The van der Waals surface area contributed by atoms with Gasteiger partial charge in [-0.15, -0.1) is 0 Å². The smallest absolute Gasteiger partial charge is 0.153 e. The highest BCUT2D eigenvalue weighted by atomic mass is 16.5. The molecule has 1 heterocycles. The molecule has 23 heavy (non-hydrogen) atoms. The first-order valence-electron chi connectivity index (χ1n) is 7.63. The monoisotopic (exact) mass is 305 g/mol. The first kappa shape index (κ1) is 16.8. The van der Waals surface area contributed by atoms with Crippen molar-refractivity contribution in [3.05, 3.63) is 65.9 Å². The summed E-state index contributed by atoms with van der Waals surface area (Å²) in [6.45, 7) is 14.1. The van der Waals surface area contributed by atoms with Crippen LogP contribution in [-0.2, 0) is 0 Å². The van der Waals surface area contributed by atoms with E-state index in [4.69, 9.17) is 9.72 Å². The standard InChI is InChI=1S/C21H23NO/c1-7-9-18-17(8-2)19(14(3)4)21(23-6)20(22-18)16-12-10-15(5)11-13-16/h7-13H,2-3H2,1,4-6H3/b9-7-. The molecular formula is C21H23NO. The molecule has 0 radical (unpaired) electrons. The van der Waals surface area contributed by atoms with Crippen LogP contribution in [0, 0.1) is 6.92 Å². The second kappa shape index (κ2) is 7.10. The average molecular weight is 305 g/mol. The fraction of sp³-hybridized carbons (Fsp3) is 0.190. The van der Waals surface area contributed by atoms with Gasteiger partial charge in [-0.3, -0.25) is 0 Å². The first-order valence-corrected chi connectivity index (χ1v) is 7.63. The Hall–Kier alpha value is -2.61. The van der Waals surface area contributed by atoms with Crippen LogP contribution in [0.3, 0.4) is 0 Å². The van der Waals surface area contributed by atoms with Gasteiger partial charge in [-0.05, 0) is 32.4 Å². The summed E-state index contributed by atoms with van der Waals surface area (Å²) < 4.78 is 5.70.